The van der Waals surface area contributed by atoms with Crippen molar-refractivity contribution in [2.24, 2.45) is 0 Å². The van der Waals surface area contributed by atoms with E-state index >= 15 is 0 Å². The lowest BCUT2D eigenvalue weighted by atomic mass is 10.3. The molecule has 1 atom stereocenters. The molecule has 0 saturated carbocycles. The first-order valence-electron chi connectivity index (χ1n) is 6.28. The summed E-state index contributed by atoms with van der Waals surface area (Å²) < 4.78 is 25.3. The molecule has 0 aliphatic carbocycles. The number of aliphatic hydroxyl groups is 1. The predicted molar refractivity (Wildman–Crippen MR) is 67.7 cm³/mol. The van der Waals surface area contributed by atoms with Gasteiger partial charge in [0, 0.05) is 19.2 Å². The highest BCUT2D eigenvalue weighted by atomic mass is 19.3. The van der Waals surface area contributed by atoms with Crippen LogP contribution in [0, 0.1) is 0 Å². The normalized spacial score (nSPS) is 12.4. The van der Waals surface area contributed by atoms with E-state index in [1.54, 1.807) is 0 Å². The van der Waals surface area contributed by atoms with Crippen LogP contribution in [0.5, 0.6) is 0 Å². The molecular formula is C12H17F2N3O3. The Labute approximate surface area is 114 Å². The van der Waals surface area contributed by atoms with E-state index < -0.39 is 25.0 Å². The van der Waals surface area contributed by atoms with Crippen molar-refractivity contribution in [1.82, 2.24) is 15.1 Å². The standard InChI is InChI=1S/C12H17F2N3O3/c1-2-3-6-17-10(19)5-4-8(16-17)12(20)15-7-9(18)11(13)14/h4-5,9,11,18H,2-3,6-7H2,1H3,(H,15,20). The van der Waals surface area contributed by atoms with E-state index in [0.717, 1.165) is 17.5 Å². The van der Waals surface area contributed by atoms with E-state index in [1.165, 1.54) is 12.1 Å². The van der Waals surface area contributed by atoms with Crippen LogP contribution in [0.2, 0.25) is 0 Å². The molecule has 0 saturated heterocycles. The number of halogens is 2. The zero-order chi connectivity index (χ0) is 15.1. The molecule has 0 aromatic carbocycles. The van der Waals surface area contributed by atoms with Gasteiger partial charge in [-0.05, 0) is 12.5 Å². The number of aliphatic hydroxyl groups excluding tert-OH is 1. The lowest BCUT2D eigenvalue weighted by Gasteiger charge is -2.11. The molecule has 1 aromatic rings. The van der Waals surface area contributed by atoms with Crippen molar-refractivity contribution in [3.8, 4) is 0 Å². The minimum atomic E-state index is -2.93. The highest BCUT2D eigenvalue weighted by Gasteiger charge is 2.18. The molecule has 8 heteroatoms. The molecule has 0 bridgehead atoms. The summed E-state index contributed by atoms with van der Waals surface area (Å²) >= 11 is 0. The lowest BCUT2D eigenvalue weighted by molar-refractivity contribution is -0.00273. The highest BCUT2D eigenvalue weighted by Crippen LogP contribution is 1.99. The molecule has 1 amide bonds. The topological polar surface area (TPSA) is 84.2 Å². The Balaban J connectivity index is 2.71. The third kappa shape index (κ3) is 4.69. The average molecular weight is 289 g/mol. The Morgan fingerprint density at radius 1 is 1.50 bits per heavy atom. The number of hydrogen-bond donors (Lipinski definition) is 2. The third-order valence-corrected chi connectivity index (χ3v) is 2.59. The molecule has 0 radical (unpaired) electrons. The first-order chi connectivity index (χ1) is 9.45. The number of carbonyl (C=O) groups is 1. The molecule has 1 heterocycles. The van der Waals surface area contributed by atoms with Crippen LogP contribution in [0.25, 0.3) is 0 Å². The molecule has 0 aliphatic heterocycles. The zero-order valence-corrected chi connectivity index (χ0v) is 11.1. The van der Waals surface area contributed by atoms with Crippen LogP contribution in [-0.4, -0.2) is 39.9 Å². The summed E-state index contributed by atoms with van der Waals surface area (Å²) in [5.74, 6) is -0.713. The van der Waals surface area contributed by atoms with Gasteiger partial charge in [-0.15, -0.1) is 0 Å². The maximum atomic E-state index is 12.1. The summed E-state index contributed by atoms with van der Waals surface area (Å²) in [6.45, 7) is 1.76. The zero-order valence-electron chi connectivity index (χ0n) is 11.1. The first kappa shape index (κ1) is 16.2. The maximum Gasteiger partial charge on any atom is 0.271 e. The second kappa shape index (κ2) is 7.68. The Kier molecular flexibility index (Phi) is 6.23. The lowest BCUT2D eigenvalue weighted by Crippen LogP contribution is -2.37. The monoisotopic (exact) mass is 289 g/mol. The van der Waals surface area contributed by atoms with Crippen molar-refractivity contribution in [1.29, 1.82) is 0 Å². The molecule has 20 heavy (non-hydrogen) atoms. The Hall–Kier alpha value is -1.83. The van der Waals surface area contributed by atoms with Crippen LogP contribution >= 0.6 is 0 Å². The van der Waals surface area contributed by atoms with Crippen molar-refractivity contribution >= 4 is 5.91 Å². The minimum absolute atomic E-state index is 0.0535. The number of carbonyl (C=O) groups excluding carboxylic acids is 1. The van der Waals surface area contributed by atoms with Crippen LogP contribution < -0.4 is 10.9 Å². The van der Waals surface area contributed by atoms with Gasteiger partial charge in [-0.1, -0.05) is 13.3 Å². The molecule has 6 nitrogen and oxygen atoms in total. The number of amides is 1. The van der Waals surface area contributed by atoms with Gasteiger partial charge < -0.3 is 10.4 Å². The predicted octanol–water partition coefficient (Wildman–Crippen LogP) is 0.399. The van der Waals surface area contributed by atoms with Gasteiger partial charge in [-0.25, -0.2) is 13.5 Å². The van der Waals surface area contributed by atoms with E-state index in [0.29, 0.717) is 6.54 Å². The van der Waals surface area contributed by atoms with Crippen molar-refractivity contribution in [3.63, 3.8) is 0 Å². The fourth-order valence-electron chi connectivity index (χ4n) is 1.42. The summed E-state index contributed by atoms with van der Waals surface area (Å²) in [5, 5.41) is 14.9. The second-order valence-electron chi connectivity index (χ2n) is 4.25. The Morgan fingerprint density at radius 2 is 2.20 bits per heavy atom. The van der Waals surface area contributed by atoms with Gasteiger partial charge in [0.1, 0.15) is 11.8 Å². The van der Waals surface area contributed by atoms with Crippen LogP contribution in [0.4, 0.5) is 8.78 Å². The Bertz CT molecular complexity index is 505. The molecule has 1 aromatic heterocycles. The van der Waals surface area contributed by atoms with Gasteiger partial charge in [0.15, 0.2) is 0 Å². The van der Waals surface area contributed by atoms with Crippen LogP contribution in [0.1, 0.15) is 30.3 Å². The summed E-state index contributed by atoms with van der Waals surface area (Å²) in [5.41, 5.74) is -0.384. The molecule has 0 aliphatic rings. The summed E-state index contributed by atoms with van der Waals surface area (Å²) in [7, 11) is 0. The number of aromatic nitrogens is 2. The van der Waals surface area contributed by atoms with Gasteiger partial charge in [0.2, 0.25) is 0 Å². The molecule has 112 valence electrons. The summed E-state index contributed by atoms with van der Waals surface area (Å²) in [6.07, 6.45) is -3.25. The van der Waals surface area contributed by atoms with Crippen molar-refractivity contribution < 1.29 is 18.7 Å². The molecule has 0 fully saturated rings. The fourth-order valence-corrected chi connectivity index (χ4v) is 1.42. The minimum Gasteiger partial charge on any atom is -0.385 e. The molecule has 0 spiro atoms. The van der Waals surface area contributed by atoms with Crippen molar-refractivity contribution in [2.75, 3.05) is 6.54 Å². The van der Waals surface area contributed by atoms with Gasteiger partial charge in [-0.2, -0.15) is 5.10 Å². The fraction of sp³-hybridized carbons (Fsp3) is 0.583. The number of hydrogen-bond acceptors (Lipinski definition) is 4. The number of rotatable bonds is 7. The number of nitrogens with zero attached hydrogens (tertiary/aromatic N) is 2. The van der Waals surface area contributed by atoms with E-state index in [9.17, 15) is 18.4 Å². The smallest absolute Gasteiger partial charge is 0.271 e. The van der Waals surface area contributed by atoms with Gasteiger partial charge in [-0.3, -0.25) is 9.59 Å². The molecule has 1 rings (SSSR count). The number of aryl methyl sites for hydroxylation is 1. The van der Waals surface area contributed by atoms with Crippen LogP contribution in [-0.2, 0) is 6.54 Å². The van der Waals surface area contributed by atoms with Crippen LogP contribution in [0.15, 0.2) is 16.9 Å². The molecular weight excluding hydrogens is 272 g/mol. The largest absolute Gasteiger partial charge is 0.385 e. The number of unbranched alkanes of at least 4 members (excludes halogenated alkanes) is 1. The second-order valence-corrected chi connectivity index (χ2v) is 4.25. The van der Waals surface area contributed by atoms with Crippen molar-refractivity contribution in [3.05, 3.63) is 28.2 Å². The SMILES string of the molecule is CCCCn1nc(C(=O)NCC(O)C(F)F)ccc1=O. The van der Waals surface area contributed by atoms with Gasteiger partial charge in [0.05, 0.1) is 0 Å². The number of nitrogens with one attached hydrogen (secondary N) is 1. The third-order valence-electron chi connectivity index (χ3n) is 2.59. The quantitative estimate of drug-likeness (QED) is 0.761. The van der Waals surface area contributed by atoms with Crippen LogP contribution in [0.3, 0.4) is 0 Å². The van der Waals surface area contributed by atoms with E-state index in [4.69, 9.17) is 5.11 Å². The molecule has 1 unspecified atom stereocenters. The van der Waals surface area contributed by atoms with Gasteiger partial charge >= 0.3 is 0 Å². The van der Waals surface area contributed by atoms with E-state index in [1.807, 2.05) is 6.92 Å². The molecule has 2 N–H and O–H groups in total. The number of alkyl halides is 2. The van der Waals surface area contributed by atoms with Gasteiger partial charge in [0.25, 0.3) is 17.9 Å². The van der Waals surface area contributed by atoms with E-state index in [2.05, 4.69) is 10.4 Å². The van der Waals surface area contributed by atoms with E-state index in [-0.39, 0.29) is 11.3 Å². The van der Waals surface area contributed by atoms with Crippen molar-refractivity contribution in [2.45, 2.75) is 38.8 Å². The summed E-state index contributed by atoms with van der Waals surface area (Å²) in [4.78, 5) is 23.1. The highest BCUT2D eigenvalue weighted by molar-refractivity contribution is 5.91. The maximum absolute atomic E-state index is 12.1. The Morgan fingerprint density at radius 3 is 2.80 bits per heavy atom. The average Bonchev–Trinajstić information content (AvgIpc) is 2.43. The first-order valence-corrected chi connectivity index (χ1v) is 6.28. The summed E-state index contributed by atoms with van der Waals surface area (Å²) in [6, 6.07) is 2.41.